The normalized spacial score (nSPS) is 13.9. The molecule has 0 spiro atoms. The molecule has 1 nitrogen and oxygen atoms in total. The summed E-state index contributed by atoms with van der Waals surface area (Å²) in [5.74, 6) is 0. The molecule has 0 bridgehead atoms. The van der Waals surface area contributed by atoms with Gasteiger partial charge < -0.3 is 5.11 Å². The smallest absolute Gasteiger partial charge is 0.379 e. The first-order chi connectivity index (χ1) is 6.96. The molecule has 0 heterocycles. The minimum absolute atomic E-state index is 0.0353. The maximum atomic E-state index is 12.3. The molecule has 1 N–H and O–H groups in total. The lowest BCUT2D eigenvalue weighted by molar-refractivity contribution is -0.207. The molecule has 15 heavy (non-hydrogen) atoms. The van der Waals surface area contributed by atoms with E-state index < -0.39 is 12.3 Å². The van der Waals surface area contributed by atoms with Crippen LogP contribution in [0.3, 0.4) is 0 Å². The highest BCUT2D eigenvalue weighted by Gasteiger charge is 2.40. The van der Waals surface area contributed by atoms with E-state index in [2.05, 4.69) is 0 Å². The number of aliphatic hydroxyl groups excluding tert-OH is 1. The van der Waals surface area contributed by atoms with E-state index in [4.69, 9.17) is 5.11 Å². The highest BCUT2D eigenvalue weighted by atomic mass is 19.4. The van der Waals surface area contributed by atoms with Gasteiger partial charge in [0.2, 0.25) is 0 Å². The second-order valence-corrected chi connectivity index (χ2v) is 3.39. The van der Waals surface area contributed by atoms with E-state index in [1.54, 1.807) is 12.1 Å². The van der Waals surface area contributed by atoms with Gasteiger partial charge in [-0.05, 0) is 17.5 Å². The Bertz CT molecular complexity index is 320. The summed E-state index contributed by atoms with van der Waals surface area (Å²) in [5.41, 5.74) is 0.525. The minimum Gasteiger partial charge on any atom is -0.379 e. The minimum atomic E-state index is -4.59. The first-order valence-corrected chi connectivity index (χ1v) is 4.79. The van der Waals surface area contributed by atoms with E-state index in [0.717, 1.165) is 6.42 Å². The van der Waals surface area contributed by atoms with E-state index in [1.807, 2.05) is 6.92 Å². The third-order valence-corrected chi connectivity index (χ3v) is 2.18. The first-order valence-electron chi connectivity index (χ1n) is 4.79. The average Bonchev–Trinajstić information content (AvgIpc) is 2.17. The van der Waals surface area contributed by atoms with Crippen LogP contribution in [-0.2, 0) is 6.42 Å². The van der Waals surface area contributed by atoms with Crippen LogP contribution in [0.2, 0.25) is 0 Å². The summed E-state index contributed by atoms with van der Waals surface area (Å²) >= 11 is 0. The zero-order chi connectivity index (χ0) is 11.5. The summed E-state index contributed by atoms with van der Waals surface area (Å²) in [7, 11) is 0. The van der Waals surface area contributed by atoms with E-state index in [0.29, 0.717) is 12.0 Å². The van der Waals surface area contributed by atoms with Crippen molar-refractivity contribution >= 4 is 0 Å². The van der Waals surface area contributed by atoms with E-state index >= 15 is 0 Å². The molecule has 0 saturated carbocycles. The van der Waals surface area contributed by atoms with Gasteiger partial charge in [-0.25, -0.2) is 0 Å². The lowest BCUT2D eigenvalue weighted by atomic mass is 9.99. The van der Waals surface area contributed by atoms with Crippen molar-refractivity contribution in [3.63, 3.8) is 0 Å². The fourth-order valence-electron chi connectivity index (χ4n) is 1.47. The number of hydrogen-bond donors (Lipinski definition) is 1. The van der Waals surface area contributed by atoms with Gasteiger partial charge in [0.1, 0.15) is 0 Å². The second-order valence-electron chi connectivity index (χ2n) is 3.39. The van der Waals surface area contributed by atoms with Crippen LogP contribution < -0.4 is 0 Å². The van der Waals surface area contributed by atoms with Crippen molar-refractivity contribution in [1.82, 2.24) is 0 Å². The molecule has 0 aromatic heterocycles. The SMILES string of the molecule is CCCc1ccccc1C(O)C(F)(F)F. The molecule has 0 saturated heterocycles. The molecule has 1 rings (SSSR count). The zero-order valence-corrected chi connectivity index (χ0v) is 8.38. The van der Waals surface area contributed by atoms with Crippen molar-refractivity contribution in [2.45, 2.75) is 32.0 Å². The molecule has 84 valence electrons. The Hall–Kier alpha value is -1.03. The first kappa shape index (κ1) is 12.0. The van der Waals surface area contributed by atoms with Crippen LogP contribution in [0.15, 0.2) is 24.3 Å². The molecule has 0 aliphatic carbocycles. The number of aryl methyl sites for hydroxylation is 1. The van der Waals surface area contributed by atoms with E-state index in [9.17, 15) is 13.2 Å². The molecule has 0 amide bonds. The van der Waals surface area contributed by atoms with Gasteiger partial charge in [-0.15, -0.1) is 0 Å². The monoisotopic (exact) mass is 218 g/mol. The molecular weight excluding hydrogens is 205 g/mol. The number of alkyl halides is 3. The Labute approximate surface area is 86.5 Å². The predicted octanol–water partition coefficient (Wildman–Crippen LogP) is 3.23. The Morgan fingerprint density at radius 2 is 1.87 bits per heavy atom. The standard InChI is InChI=1S/C11H13F3O/c1-2-5-8-6-3-4-7-9(8)10(15)11(12,13)14/h3-4,6-7,10,15H,2,5H2,1H3. The number of benzene rings is 1. The lowest BCUT2D eigenvalue weighted by Gasteiger charge is -2.17. The van der Waals surface area contributed by atoms with Gasteiger partial charge in [0, 0.05) is 0 Å². The maximum absolute atomic E-state index is 12.3. The Morgan fingerprint density at radius 3 is 2.40 bits per heavy atom. The summed E-state index contributed by atoms with van der Waals surface area (Å²) in [6, 6.07) is 6.12. The van der Waals surface area contributed by atoms with Crippen molar-refractivity contribution in [2.24, 2.45) is 0 Å². The van der Waals surface area contributed by atoms with Crippen molar-refractivity contribution in [2.75, 3.05) is 0 Å². The Morgan fingerprint density at radius 1 is 1.27 bits per heavy atom. The molecule has 0 fully saturated rings. The fourth-order valence-corrected chi connectivity index (χ4v) is 1.47. The molecule has 0 aliphatic heterocycles. The van der Waals surface area contributed by atoms with Crippen LogP contribution in [0.25, 0.3) is 0 Å². The summed E-state index contributed by atoms with van der Waals surface area (Å²) in [4.78, 5) is 0. The zero-order valence-electron chi connectivity index (χ0n) is 8.38. The maximum Gasteiger partial charge on any atom is 0.418 e. The molecule has 1 atom stereocenters. The van der Waals surface area contributed by atoms with Crippen LogP contribution >= 0.6 is 0 Å². The topological polar surface area (TPSA) is 20.2 Å². The largest absolute Gasteiger partial charge is 0.418 e. The van der Waals surface area contributed by atoms with Gasteiger partial charge in [0.25, 0.3) is 0 Å². The van der Waals surface area contributed by atoms with Gasteiger partial charge in [-0.3, -0.25) is 0 Å². The molecular formula is C11H13F3O. The van der Waals surface area contributed by atoms with Crippen LogP contribution in [0.5, 0.6) is 0 Å². The predicted molar refractivity (Wildman–Crippen MR) is 51.5 cm³/mol. The molecule has 4 heteroatoms. The van der Waals surface area contributed by atoms with Crippen LogP contribution in [0, 0.1) is 0 Å². The molecule has 0 radical (unpaired) electrons. The van der Waals surface area contributed by atoms with Gasteiger partial charge in [0.15, 0.2) is 6.10 Å². The van der Waals surface area contributed by atoms with Gasteiger partial charge in [0.05, 0.1) is 0 Å². The Balaban J connectivity index is 3.02. The third-order valence-electron chi connectivity index (χ3n) is 2.18. The summed E-state index contributed by atoms with van der Waals surface area (Å²) in [5, 5.41) is 9.14. The van der Waals surface area contributed by atoms with Crippen LogP contribution in [0.4, 0.5) is 13.2 Å². The molecule has 1 unspecified atom stereocenters. The highest BCUT2D eigenvalue weighted by Crippen LogP contribution is 2.34. The fraction of sp³-hybridized carbons (Fsp3) is 0.455. The Kier molecular flexibility index (Phi) is 3.74. The molecule has 1 aromatic rings. The van der Waals surface area contributed by atoms with Gasteiger partial charge >= 0.3 is 6.18 Å². The molecule has 0 aliphatic rings. The number of hydrogen-bond acceptors (Lipinski definition) is 1. The van der Waals surface area contributed by atoms with E-state index in [-0.39, 0.29) is 5.56 Å². The van der Waals surface area contributed by atoms with Crippen LogP contribution in [0.1, 0.15) is 30.6 Å². The number of halogens is 3. The number of rotatable bonds is 3. The van der Waals surface area contributed by atoms with Gasteiger partial charge in [-0.2, -0.15) is 13.2 Å². The average molecular weight is 218 g/mol. The van der Waals surface area contributed by atoms with Crippen molar-refractivity contribution < 1.29 is 18.3 Å². The van der Waals surface area contributed by atoms with Crippen molar-refractivity contribution in [3.8, 4) is 0 Å². The van der Waals surface area contributed by atoms with E-state index in [1.165, 1.54) is 12.1 Å². The van der Waals surface area contributed by atoms with Gasteiger partial charge in [-0.1, -0.05) is 37.6 Å². The summed E-state index contributed by atoms with van der Waals surface area (Å²) in [6.07, 6.45) is -5.67. The summed E-state index contributed by atoms with van der Waals surface area (Å²) in [6.45, 7) is 1.89. The second kappa shape index (κ2) is 4.66. The summed E-state index contributed by atoms with van der Waals surface area (Å²) < 4.78 is 36.9. The lowest BCUT2D eigenvalue weighted by Crippen LogP contribution is -2.21. The van der Waals surface area contributed by atoms with Crippen molar-refractivity contribution in [1.29, 1.82) is 0 Å². The highest BCUT2D eigenvalue weighted by molar-refractivity contribution is 5.30. The van der Waals surface area contributed by atoms with Crippen molar-refractivity contribution in [3.05, 3.63) is 35.4 Å². The quantitative estimate of drug-likeness (QED) is 0.825. The molecule has 1 aromatic carbocycles. The third kappa shape index (κ3) is 2.96. The van der Waals surface area contributed by atoms with Crippen LogP contribution in [-0.4, -0.2) is 11.3 Å². The number of aliphatic hydroxyl groups is 1.